The highest BCUT2D eigenvalue weighted by Gasteiger charge is 2.44. The minimum atomic E-state index is -4.46. The first-order chi connectivity index (χ1) is 18.8. The summed E-state index contributed by atoms with van der Waals surface area (Å²) in [5, 5.41) is 14.2. The molecule has 0 radical (unpaired) electrons. The van der Waals surface area contributed by atoms with Crippen LogP contribution in [0.4, 0.5) is 18.9 Å². The molecule has 3 atom stereocenters. The largest absolute Gasteiger partial charge is 0.487 e. The number of amides is 1. The number of nitrogens with two attached hydrogens (primary N) is 1. The van der Waals surface area contributed by atoms with Crippen molar-refractivity contribution in [3.05, 3.63) is 83.4 Å². The minimum absolute atomic E-state index is 0.111. The van der Waals surface area contributed by atoms with Crippen molar-refractivity contribution < 1.29 is 32.6 Å². The number of carbonyl (C=O) groups is 2. The summed E-state index contributed by atoms with van der Waals surface area (Å²) >= 11 is 0. The summed E-state index contributed by atoms with van der Waals surface area (Å²) in [5.41, 5.74) is 6.46. The van der Waals surface area contributed by atoms with Crippen molar-refractivity contribution in [1.82, 2.24) is 5.32 Å². The van der Waals surface area contributed by atoms with Crippen LogP contribution in [0.15, 0.2) is 66.7 Å². The molecule has 1 amide bonds. The monoisotopic (exact) mass is 554 g/mol. The zero-order valence-electron chi connectivity index (χ0n) is 22.5. The number of ether oxygens (including phenoxy) is 1. The van der Waals surface area contributed by atoms with Crippen molar-refractivity contribution in [3.63, 3.8) is 0 Å². The van der Waals surface area contributed by atoms with Gasteiger partial charge in [0.15, 0.2) is 0 Å². The van der Waals surface area contributed by atoms with E-state index in [0.717, 1.165) is 30.5 Å². The molecule has 0 saturated heterocycles. The van der Waals surface area contributed by atoms with Gasteiger partial charge < -0.3 is 20.9 Å². The fourth-order valence-corrected chi connectivity index (χ4v) is 5.71. The van der Waals surface area contributed by atoms with Crippen LogP contribution in [0.3, 0.4) is 0 Å². The number of carboxylic acids is 1. The first-order valence-corrected chi connectivity index (χ1v) is 13.1. The van der Waals surface area contributed by atoms with Crippen LogP contribution in [0.5, 0.6) is 5.75 Å². The molecule has 2 unspecified atom stereocenters. The van der Waals surface area contributed by atoms with E-state index in [1.807, 2.05) is 6.92 Å². The van der Waals surface area contributed by atoms with Crippen molar-refractivity contribution in [2.24, 2.45) is 11.3 Å². The molecule has 0 spiro atoms. The number of nitrogens with one attached hydrogen (secondary N) is 1. The molecule has 0 bridgehead atoms. The average molecular weight is 555 g/mol. The summed E-state index contributed by atoms with van der Waals surface area (Å²) in [5.74, 6) is -1.30. The van der Waals surface area contributed by atoms with Crippen LogP contribution in [-0.2, 0) is 17.6 Å². The Kier molecular flexibility index (Phi) is 8.14. The lowest BCUT2D eigenvalue weighted by atomic mass is 9.64. The lowest BCUT2D eigenvalue weighted by molar-refractivity contribution is -0.143. The molecule has 0 aliphatic heterocycles. The number of fused-ring (bicyclic) bond motifs is 1. The molecule has 6 nitrogen and oxygen atoms in total. The minimum Gasteiger partial charge on any atom is -0.487 e. The fourth-order valence-electron chi connectivity index (χ4n) is 5.71. The quantitative estimate of drug-likeness (QED) is 0.206. The lowest BCUT2D eigenvalue weighted by Gasteiger charge is -2.43. The van der Waals surface area contributed by atoms with Crippen LogP contribution in [0.1, 0.15) is 61.0 Å². The van der Waals surface area contributed by atoms with Gasteiger partial charge >= 0.3 is 12.1 Å². The van der Waals surface area contributed by atoms with Crippen LogP contribution in [-0.4, -0.2) is 23.0 Å². The molecule has 40 heavy (non-hydrogen) atoms. The van der Waals surface area contributed by atoms with Gasteiger partial charge in [-0.15, -0.1) is 0 Å². The van der Waals surface area contributed by atoms with E-state index in [9.17, 15) is 27.9 Å². The second-order valence-corrected chi connectivity index (χ2v) is 10.9. The second-order valence-electron chi connectivity index (χ2n) is 10.9. The van der Waals surface area contributed by atoms with Crippen LogP contribution in [0.2, 0.25) is 0 Å². The average Bonchev–Trinajstić information content (AvgIpc) is 2.88. The van der Waals surface area contributed by atoms with Crippen molar-refractivity contribution in [1.29, 1.82) is 0 Å². The van der Waals surface area contributed by atoms with Gasteiger partial charge in [-0.2, -0.15) is 13.2 Å². The normalized spacial score (nSPS) is 20.2. The van der Waals surface area contributed by atoms with Gasteiger partial charge in [-0.3, -0.25) is 4.79 Å². The Balaban J connectivity index is 1.66. The van der Waals surface area contributed by atoms with Gasteiger partial charge in [-0.05, 0) is 72.5 Å². The van der Waals surface area contributed by atoms with Crippen LogP contribution >= 0.6 is 0 Å². The SMILES string of the molecule is C=C1CC(CC)C[C@](C)(C(NC(=O)c2ccc3cc(N)ccc3c2OCc2ccc(C(F)(F)F)cc2)C(=O)O)C1. The van der Waals surface area contributed by atoms with Gasteiger partial charge in [0.25, 0.3) is 5.91 Å². The second kappa shape index (κ2) is 11.2. The van der Waals surface area contributed by atoms with Crippen LogP contribution in [0.25, 0.3) is 10.8 Å². The first kappa shape index (κ1) is 29.0. The van der Waals surface area contributed by atoms with E-state index < -0.39 is 35.1 Å². The lowest BCUT2D eigenvalue weighted by Crippen LogP contribution is -2.53. The maximum Gasteiger partial charge on any atom is 0.416 e. The standard InChI is InChI=1S/C31H33F3N2O4/c1-4-19-13-18(2)15-30(3,16-19)27(29(38)39)36-28(37)25-11-7-21-14-23(35)10-12-24(21)26(25)40-17-20-5-8-22(9-6-20)31(32,33)34/h5-12,14,19,27H,2,4,13,15-17,35H2,1,3H3,(H,36,37)(H,38,39)/t19?,27?,30-/m1/s1. The third kappa shape index (κ3) is 6.24. The van der Waals surface area contributed by atoms with Crippen LogP contribution < -0.4 is 15.8 Å². The number of nitrogen functional groups attached to an aromatic ring is 1. The topological polar surface area (TPSA) is 102 Å². The molecule has 0 aromatic heterocycles. The smallest absolute Gasteiger partial charge is 0.416 e. The summed E-state index contributed by atoms with van der Waals surface area (Å²) in [6, 6.07) is 11.7. The number of alkyl halides is 3. The van der Waals surface area contributed by atoms with E-state index >= 15 is 0 Å². The molecule has 1 fully saturated rings. The maximum atomic E-state index is 13.6. The number of rotatable bonds is 8. The predicted octanol–water partition coefficient (Wildman–Crippen LogP) is 6.98. The molecule has 4 N–H and O–H groups in total. The van der Waals surface area contributed by atoms with E-state index in [-0.39, 0.29) is 23.8 Å². The Morgan fingerprint density at radius 2 is 1.88 bits per heavy atom. The number of carbonyl (C=O) groups excluding carboxylic acids is 1. The molecule has 0 heterocycles. The molecule has 1 saturated carbocycles. The highest BCUT2D eigenvalue weighted by molar-refractivity contribution is 6.05. The third-order valence-corrected chi connectivity index (χ3v) is 7.69. The molecule has 9 heteroatoms. The van der Waals surface area contributed by atoms with Crippen LogP contribution in [0, 0.1) is 11.3 Å². The number of aliphatic carboxylic acids is 1. The van der Waals surface area contributed by atoms with E-state index in [1.165, 1.54) is 18.2 Å². The highest BCUT2D eigenvalue weighted by Crippen LogP contribution is 2.45. The Labute approximate surface area is 231 Å². The number of hydrogen-bond acceptors (Lipinski definition) is 4. The van der Waals surface area contributed by atoms with Gasteiger partial charge in [0, 0.05) is 16.5 Å². The number of halogens is 3. The summed E-state index contributed by atoms with van der Waals surface area (Å²) in [6.45, 7) is 7.93. The van der Waals surface area contributed by atoms with Crippen molar-refractivity contribution >= 4 is 28.3 Å². The number of benzene rings is 3. The molecular weight excluding hydrogens is 521 g/mol. The predicted molar refractivity (Wildman–Crippen MR) is 148 cm³/mol. The number of allylic oxidation sites excluding steroid dienone is 1. The zero-order valence-corrected chi connectivity index (χ0v) is 22.5. The van der Waals surface area contributed by atoms with E-state index in [2.05, 4.69) is 18.8 Å². The highest BCUT2D eigenvalue weighted by atomic mass is 19.4. The van der Waals surface area contributed by atoms with Crippen molar-refractivity contribution in [3.8, 4) is 5.75 Å². The Hall–Kier alpha value is -4.01. The Morgan fingerprint density at radius 1 is 1.18 bits per heavy atom. The van der Waals surface area contributed by atoms with E-state index in [1.54, 1.807) is 24.3 Å². The molecule has 3 aromatic rings. The summed E-state index contributed by atoms with van der Waals surface area (Å²) < 4.78 is 45.0. The Bertz CT molecular complexity index is 1440. The molecule has 4 rings (SSSR count). The van der Waals surface area contributed by atoms with Crippen molar-refractivity contribution in [2.75, 3.05) is 5.73 Å². The first-order valence-electron chi connectivity index (χ1n) is 13.1. The summed E-state index contributed by atoms with van der Waals surface area (Å²) in [4.78, 5) is 26.1. The van der Waals surface area contributed by atoms with E-state index in [0.29, 0.717) is 34.9 Å². The third-order valence-electron chi connectivity index (χ3n) is 7.69. The zero-order chi connectivity index (χ0) is 29.2. The number of anilines is 1. The van der Waals surface area contributed by atoms with Gasteiger partial charge in [0.1, 0.15) is 18.4 Å². The molecule has 1 aliphatic carbocycles. The summed E-state index contributed by atoms with van der Waals surface area (Å²) in [6.07, 6.45) is -1.63. The summed E-state index contributed by atoms with van der Waals surface area (Å²) in [7, 11) is 0. The van der Waals surface area contributed by atoms with Gasteiger partial charge in [0.2, 0.25) is 0 Å². The van der Waals surface area contributed by atoms with E-state index in [4.69, 9.17) is 10.5 Å². The van der Waals surface area contributed by atoms with Crippen molar-refractivity contribution in [2.45, 2.75) is 58.4 Å². The molecule has 3 aromatic carbocycles. The molecular formula is C31H33F3N2O4. The van der Waals surface area contributed by atoms with Gasteiger partial charge in [-0.25, -0.2) is 4.79 Å². The molecule has 212 valence electrons. The maximum absolute atomic E-state index is 13.6. The van der Waals surface area contributed by atoms with Gasteiger partial charge in [-0.1, -0.05) is 50.6 Å². The fraction of sp³-hybridized carbons (Fsp3) is 0.355. The Morgan fingerprint density at radius 3 is 2.50 bits per heavy atom. The number of carboxylic acid groups (broad SMARTS) is 1. The van der Waals surface area contributed by atoms with Gasteiger partial charge in [0.05, 0.1) is 11.1 Å². The molecule has 1 aliphatic rings. The number of hydrogen-bond donors (Lipinski definition) is 3.